The van der Waals surface area contributed by atoms with Crippen LogP contribution in [0.4, 0.5) is 0 Å². The fraction of sp³-hybridized carbons (Fsp3) is 0.364. The van der Waals surface area contributed by atoms with Crippen LogP contribution in [-0.4, -0.2) is 46.0 Å². The maximum absolute atomic E-state index is 12.9. The first kappa shape index (κ1) is 19.0. The fourth-order valence-electron chi connectivity index (χ4n) is 3.99. The number of hydrogen-bond acceptors (Lipinski definition) is 4. The Balaban J connectivity index is 1.73. The molecule has 1 fully saturated rings. The van der Waals surface area contributed by atoms with Crippen molar-refractivity contribution in [2.45, 2.75) is 38.8 Å². The molecule has 1 saturated heterocycles. The topological polar surface area (TPSA) is 50.5 Å². The lowest BCUT2D eigenvalue weighted by molar-refractivity contribution is -0.119. The Labute approximate surface area is 171 Å². The second-order valence-electron chi connectivity index (χ2n) is 7.58. The van der Waals surface area contributed by atoms with Crippen LogP contribution >= 0.6 is 11.6 Å². The van der Waals surface area contributed by atoms with Crippen LogP contribution in [-0.2, 0) is 4.79 Å². The Morgan fingerprint density at radius 3 is 2.25 bits per heavy atom. The van der Waals surface area contributed by atoms with Crippen molar-refractivity contribution in [3.8, 4) is 0 Å². The van der Waals surface area contributed by atoms with Gasteiger partial charge in [0.2, 0.25) is 0 Å². The standard InChI is InChI=1S/C22H24ClN4O/c1-15(2)26-13-9-19(10-14-26)27-21(17-7-11-24-12-8-17)20(22(28)25-27)16-3-5-18(23)6-4-16/h3-8,11-12,15,19H,9-10,13-14H2,1-2H3. The zero-order chi connectivity index (χ0) is 19.7. The van der Waals surface area contributed by atoms with E-state index in [4.69, 9.17) is 11.6 Å². The van der Waals surface area contributed by atoms with Crippen molar-refractivity contribution in [3.63, 3.8) is 0 Å². The summed E-state index contributed by atoms with van der Waals surface area (Å²) in [7, 11) is 0. The summed E-state index contributed by atoms with van der Waals surface area (Å²) < 4.78 is 0. The lowest BCUT2D eigenvalue weighted by atomic mass is 9.98. The highest BCUT2D eigenvalue weighted by atomic mass is 35.5. The van der Waals surface area contributed by atoms with Crippen LogP contribution in [0.3, 0.4) is 0 Å². The number of halogens is 1. The first-order valence-corrected chi connectivity index (χ1v) is 10.1. The summed E-state index contributed by atoms with van der Waals surface area (Å²) >= 11 is 6.05. The number of nitrogens with zero attached hydrogens (tertiary/aromatic N) is 4. The molecule has 2 aliphatic heterocycles. The molecule has 0 spiro atoms. The second-order valence-corrected chi connectivity index (χ2v) is 8.01. The Morgan fingerprint density at radius 1 is 1.00 bits per heavy atom. The average Bonchev–Trinajstić information content (AvgIpc) is 3.06. The van der Waals surface area contributed by atoms with Crippen LogP contribution in [0, 0.1) is 0 Å². The molecule has 4 rings (SSSR count). The molecule has 145 valence electrons. The van der Waals surface area contributed by atoms with Gasteiger partial charge >= 0.3 is 0 Å². The number of carbonyl (C=O) groups is 1. The first-order valence-electron chi connectivity index (χ1n) is 9.74. The Morgan fingerprint density at radius 2 is 1.64 bits per heavy atom. The van der Waals surface area contributed by atoms with E-state index >= 15 is 0 Å². The van der Waals surface area contributed by atoms with Gasteiger partial charge in [-0.05, 0) is 56.5 Å². The van der Waals surface area contributed by atoms with Gasteiger partial charge in [-0.1, -0.05) is 23.7 Å². The number of hydrogen-bond donors (Lipinski definition) is 0. The zero-order valence-electron chi connectivity index (χ0n) is 16.2. The third-order valence-electron chi connectivity index (χ3n) is 5.54. The zero-order valence-corrected chi connectivity index (χ0v) is 16.9. The molecule has 3 heterocycles. The summed E-state index contributed by atoms with van der Waals surface area (Å²) in [5.41, 5.74) is 7.77. The van der Waals surface area contributed by atoms with Gasteiger partial charge in [-0.15, -0.1) is 5.43 Å². The first-order chi connectivity index (χ1) is 13.5. The summed E-state index contributed by atoms with van der Waals surface area (Å²) in [6.45, 7) is 6.49. The SMILES string of the molecule is CC(C)N1CCC(N2[N]C(=O)C(c3ccc(Cl)cc3)=C2c2ccncc2)CC1. The van der Waals surface area contributed by atoms with Gasteiger partial charge in [0.25, 0.3) is 5.91 Å². The molecule has 28 heavy (non-hydrogen) atoms. The minimum atomic E-state index is -0.194. The van der Waals surface area contributed by atoms with E-state index in [1.54, 1.807) is 12.4 Å². The van der Waals surface area contributed by atoms with Crippen molar-refractivity contribution in [1.29, 1.82) is 0 Å². The summed E-state index contributed by atoms with van der Waals surface area (Å²) in [5.74, 6) is -0.194. The lowest BCUT2D eigenvalue weighted by Gasteiger charge is -2.38. The minimum Gasteiger partial charge on any atom is -0.301 e. The molecule has 0 atom stereocenters. The number of aromatic nitrogens is 1. The number of likely N-dealkylation sites (tertiary alicyclic amines) is 1. The molecule has 1 amide bonds. The van der Waals surface area contributed by atoms with Gasteiger partial charge in [-0.3, -0.25) is 14.8 Å². The molecule has 0 aliphatic carbocycles. The van der Waals surface area contributed by atoms with Gasteiger partial charge in [0.05, 0.1) is 17.3 Å². The number of amides is 1. The summed E-state index contributed by atoms with van der Waals surface area (Å²) in [6, 6.07) is 12.0. The average molecular weight is 396 g/mol. The molecule has 1 radical (unpaired) electrons. The monoisotopic (exact) mass is 395 g/mol. The molecule has 5 nitrogen and oxygen atoms in total. The molecule has 2 aromatic rings. The smallest absolute Gasteiger partial charge is 0.296 e. The number of rotatable bonds is 4. The van der Waals surface area contributed by atoms with Crippen molar-refractivity contribution < 1.29 is 4.79 Å². The third-order valence-corrected chi connectivity index (χ3v) is 5.79. The second kappa shape index (κ2) is 7.94. The molecule has 6 heteroatoms. The summed E-state index contributed by atoms with van der Waals surface area (Å²) in [4.78, 5) is 19.6. The quantitative estimate of drug-likeness (QED) is 0.789. The van der Waals surface area contributed by atoms with Crippen LogP contribution in [0.2, 0.25) is 5.02 Å². The number of piperidine rings is 1. The maximum Gasteiger partial charge on any atom is 0.296 e. The maximum atomic E-state index is 12.9. The van der Waals surface area contributed by atoms with E-state index in [9.17, 15) is 4.79 Å². The highest BCUT2D eigenvalue weighted by Gasteiger charge is 2.38. The normalized spacial score (nSPS) is 18.9. The van der Waals surface area contributed by atoms with E-state index in [2.05, 4.69) is 29.2 Å². The van der Waals surface area contributed by atoms with Crippen LogP contribution in [0.5, 0.6) is 0 Å². The van der Waals surface area contributed by atoms with E-state index in [-0.39, 0.29) is 11.9 Å². The summed E-state index contributed by atoms with van der Waals surface area (Å²) in [6.07, 6.45) is 5.48. The van der Waals surface area contributed by atoms with Crippen molar-refractivity contribution >= 4 is 28.8 Å². The van der Waals surface area contributed by atoms with Gasteiger partial charge < -0.3 is 4.90 Å². The van der Waals surface area contributed by atoms with Gasteiger partial charge in [-0.25, -0.2) is 0 Å². The molecule has 1 aromatic heterocycles. The predicted octanol–water partition coefficient (Wildman–Crippen LogP) is 3.84. The van der Waals surface area contributed by atoms with E-state index in [0.717, 1.165) is 42.8 Å². The summed E-state index contributed by atoms with van der Waals surface area (Å²) in [5, 5.41) is 2.61. The number of carbonyl (C=O) groups excluding carboxylic acids is 1. The van der Waals surface area contributed by atoms with Crippen LogP contribution in [0.15, 0.2) is 48.8 Å². The van der Waals surface area contributed by atoms with Crippen LogP contribution < -0.4 is 5.43 Å². The molecule has 0 bridgehead atoms. The van der Waals surface area contributed by atoms with Crippen LogP contribution in [0.25, 0.3) is 11.3 Å². The predicted molar refractivity (Wildman–Crippen MR) is 111 cm³/mol. The number of benzene rings is 1. The van der Waals surface area contributed by atoms with E-state index < -0.39 is 0 Å². The van der Waals surface area contributed by atoms with Gasteiger partial charge in [-0.2, -0.15) is 0 Å². The molecule has 0 N–H and O–H groups in total. The molecule has 0 unspecified atom stereocenters. The van der Waals surface area contributed by atoms with Gasteiger partial charge in [0.1, 0.15) is 0 Å². The Bertz CT molecular complexity index is 871. The fourth-order valence-corrected chi connectivity index (χ4v) is 4.11. The van der Waals surface area contributed by atoms with Crippen molar-refractivity contribution in [2.75, 3.05) is 13.1 Å². The van der Waals surface area contributed by atoms with Crippen molar-refractivity contribution in [3.05, 3.63) is 64.9 Å². The van der Waals surface area contributed by atoms with Crippen molar-refractivity contribution in [2.24, 2.45) is 0 Å². The largest absolute Gasteiger partial charge is 0.301 e. The minimum absolute atomic E-state index is 0.194. The molecule has 0 saturated carbocycles. The Hall–Kier alpha value is -2.37. The van der Waals surface area contributed by atoms with E-state index in [1.165, 1.54) is 0 Å². The third kappa shape index (κ3) is 3.64. The van der Waals surface area contributed by atoms with Crippen LogP contribution in [0.1, 0.15) is 37.8 Å². The molecule has 1 aromatic carbocycles. The van der Waals surface area contributed by atoms with E-state index in [1.807, 2.05) is 41.4 Å². The molecular formula is C22H24ClN4O. The molecular weight excluding hydrogens is 372 g/mol. The van der Waals surface area contributed by atoms with E-state index in [0.29, 0.717) is 16.6 Å². The lowest BCUT2D eigenvalue weighted by Crippen LogP contribution is -2.47. The number of pyridine rings is 1. The van der Waals surface area contributed by atoms with Gasteiger partial charge in [0, 0.05) is 42.1 Å². The molecule has 2 aliphatic rings. The van der Waals surface area contributed by atoms with Crippen molar-refractivity contribution in [1.82, 2.24) is 20.3 Å². The highest BCUT2D eigenvalue weighted by Crippen LogP contribution is 2.37. The Kier molecular flexibility index (Phi) is 5.38. The van der Waals surface area contributed by atoms with Gasteiger partial charge in [0.15, 0.2) is 0 Å². The highest BCUT2D eigenvalue weighted by molar-refractivity contribution is 6.31.